The molecule has 3 aromatic rings. The van der Waals surface area contributed by atoms with Gasteiger partial charge in [0.15, 0.2) is 5.01 Å². The van der Waals surface area contributed by atoms with Gasteiger partial charge in [-0.15, -0.1) is 11.3 Å². The normalized spacial score (nSPS) is 12.7. The van der Waals surface area contributed by atoms with E-state index >= 15 is 0 Å². The minimum absolute atomic E-state index is 0.234. The number of carbonyl (C=O) groups is 2. The number of para-hydroxylation sites is 2. The summed E-state index contributed by atoms with van der Waals surface area (Å²) in [6.45, 7) is 1.14. The number of amides is 2. The SMILES string of the molecule is Nc1ccccc1NC(=O)c1nc2c(s1)CN(C(=O)OCc1ccccc1)CC2.O=S(=O)(O)O. The standard InChI is InChI=1S/C21H20N4O3S.H2O4S/c22-15-8-4-5-9-16(15)23-19(26)20-24-17-10-11-25(12-18(17)29-20)21(27)28-13-14-6-2-1-3-7-14;1-5(2,3)4/h1-9H,10-13,22H2,(H,23,26);(H2,1,2,3,4). The van der Waals surface area contributed by atoms with Crippen molar-refractivity contribution in [2.45, 2.75) is 19.6 Å². The minimum Gasteiger partial charge on any atom is -0.445 e. The first kappa shape index (κ1) is 25.1. The predicted molar refractivity (Wildman–Crippen MR) is 126 cm³/mol. The molecule has 0 spiro atoms. The number of ether oxygens (including phenoxy) is 1. The summed E-state index contributed by atoms with van der Waals surface area (Å²) in [6.07, 6.45) is 0.225. The average Bonchev–Trinajstić information content (AvgIpc) is 3.22. The zero-order valence-corrected chi connectivity index (χ0v) is 19.4. The fourth-order valence-electron chi connectivity index (χ4n) is 3.05. The van der Waals surface area contributed by atoms with Crippen LogP contribution in [-0.4, -0.2) is 46.0 Å². The Labute approximate surface area is 199 Å². The van der Waals surface area contributed by atoms with Gasteiger partial charge in [0.25, 0.3) is 5.91 Å². The van der Waals surface area contributed by atoms with Crippen molar-refractivity contribution < 1.29 is 31.8 Å². The summed E-state index contributed by atoms with van der Waals surface area (Å²) in [7, 11) is -4.67. The summed E-state index contributed by atoms with van der Waals surface area (Å²) in [5.41, 5.74) is 8.72. The third-order valence-electron chi connectivity index (χ3n) is 4.60. The molecule has 11 nitrogen and oxygen atoms in total. The highest BCUT2D eigenvalue weighted by Crippen LogP contribution is 2.27. The van der Waals surface area contributed by atoms with Crippen LogP contribution in [0.25, 0.3) is 0 Å². The van der Waals surface area contributed by atoms with Gasteiger partial charge in [-0.05, 0) is 17.7 Å². The number of nitrogens with two attached hydrogens (primary N) is 1. The molecule has 0 atom stereocenters. The molecule has 180 valence electrons. The maximum absolute atomic E-state index is 12.5. The number of benzene rings is 2. The minimum atomic E-state index is -4.67. The van der Waals surface area contributed by atoms with Gasteiger partial charge in [0, 0.05) is 17.8 Å². The predicted octanol–water partition coefficient (Wildman–Crippen LogP) is 3.02. The van der Waals surface area contributed by atoms with Gasteiger partial charge in [-0.25, -0.2) is 9.78 Å². The zero-order chi connectivity index (χ0) is 24.7. The maximum Gasteiger partial charge on any atom is 0.410 e. The first-order chi connectivity index (χ1) is 16.1. The molecule has 2 heterocycles. The van der Waals surface area contributed by atoms with E-state index in [0.29, 0.717) is 35.9 Å². The lowest BCUT2D eigenvalue weighted by molar-refractivity contribution is 0.0920. The molecule has 0 unspecified atom stereocenters. The van der Waals surface area contributed by atoms with Crippen molar-refractivity contribution in [2.75, 3.05) is 17.6 Å². The number of nitrogens with one attached hydrogen (secondary N) is 1. The van der Waals surface area contributed by atoms with Gasteiger partial charge < -0.3 is 20.7 Å². The highest BCUT2D eigenvalue weighted by molar-refractivity contribution is 7.79. The van der Waals surface area contributed by atoms with Gasteiger partial charge >= 0.3 is 16.5 Å². The molecule has 34 heavy (non-hydrogen) atoms. The third-order valence-corrected chi connectivity index (χ3v) is 5.68. The number of hydrogen-bond acceptors (Lipinski definition) is 8. The highest BCUT2D eigenvalue weighted by atomic mass is 32.3. The molecule has 1 aliphatic rings. The number of aromatic nitrogens is 1. The molecule has 0 bridgehead atoms. The molecule has 0 radical (unpaired) electrons. The van der Waals surface area contributed by atoms with Crippen molar-refractivity contribution in [3.05, 3.63) is 75.7 Å². The van der Waals surface area contributed by atoms with Crippen molar-refractivity contribution in [1.29, 1.82) is 0 Å². The Balaban J connectivity index is 0.000000588. The second-order valence-electron chi connectivity index (χ2n) is 7.09. The summed E-state index contributed by atoms with van der Waals surface area (Å²) in [5.74, 6) is -0.305. The fraction of sp³-hybridized carbons (Fsp3) is 0.190. The molecule has 0 saturated carbocycles. The fourth-order valence-corrected chi connectivity index (χ4v) is 4.06. The van der Waals surface area contributed by atoms with E-state index in [9.17, 15) is 9.59 Å². The molecule has 0 saturated heterocycles. The molecule has 2 aromatic carbocycles. The van der Waals surface area contributed by atoms with Gasteiger partial charge in [0.2, 0.25) is 0 Å². The molecular weight excluding hydrogens is 484 g/mol. The Morgan fingerprint density at radius 2 is 1.76 bits per heavy atom. The molecule has 5 N–H and O–H groups in total. The van der Waals surface area contributed by atoms with E-state index in [1.54, 1.807) is 29.2 Å². The van der Waals surface area contributed by atoms with Crippen LogP contribution in [0, 0.1) is 0 Å². The lowest BCUT2D eigenvalue weighted by Crippen LogP contribution is -2.35. The van der Waals surface area contributed by atoms with Crippen molar-refractivity contribution in [3.8, 4) is 0 Å². The molecule has 2 amide bonds. The van der Waals surface area contributed by atoms with E-state index < -0.39 is 10.4 Å². The smallest absolute Gasteiger partial charge is 0.410 e. The van der Waals surface area contributed by atoms with Crippen LogP contribution in [0.15, 0.2) is 54.6 Å². The molecular formula is C21H22N4O7S2. The van der Waals surface area contributed by atoms with Gasteiger partial charge in [0.05, 0.1) is 23.6 Å². The molecule has 1 aliphatic heterocycles. The Morgan fingerprint density at radius 1 is 1.12 bits per heavy atom. The first-order valence-electron chi connectivity index (χ1n) is 9.90. The summed E-state index contributed by atoms with van der Waals surface area (Å²) in [5, 5.41) is 3.15. The number of thiazole rings is 1. The van der Waals surface area contributed by atoms with Crippen LogP contribution in [-0.2, 0) is 34.7 Å². The van der Waals surface area contributed by atoms with Crippen LogP contribution in [0.4, 0.5) is 16.2 Å². The first-order valence-corrected chi connectivity index (χ1v) is 12.1. The Hall–Kier alpha value is -3.52. The van der Waals surface area contributed by atoms with Crippen molar-refractivity contribution in [3.63, 3.8) is 0 Å². The molecule has 4 rings (SSSR count). The zero-order valence-electron chi connectivity index (χ0n) is 17.7. The molecule has 0 aliphatic carbocycles. The second kappa shape index (κ2) is 11.1. The van der Waals surface area contributed by atoms with E-state index in [4.69, 9.17) is 28.0 Å². The Kier molecular flexibility index (Phi) is 8.17. The van der Waals surface area contributed by atoms with Crippen LogP contribution >= 0.6 is 11.3 Å². The highest BCUT2D eigenvalue weighted by Gasteiger charge is 2.26. The monoisotopic (exact) mass is 506 g/mol. The summed E-state index contributed by atoms with van der Waals surface area (Å²) in [4.78, 5) is 31.9. The third kappa shape index (κ3) is 7.52. The van der Waals surface area contributed by atoms with E-state index in [-0.39, 0.29) is 18.6 Å². The molecule has 13 heteroatoms. The number of nitrogen functional groups attached to an aromatic ring is 1. The van der Waals surface area contributed by atoms with Gasteiger partial charge in [-0.1, -0.05) is 42.5 Å². The van der Waals surface area contributed by atoms with Gasteiger partial charge in [-0.2, -0.15) is 8.42 Å². The van der Waals surface area contributed by atoms with E-state index in [1.165, 1.54) is 11.3 Å². The van der Waals surface area contributed by atoms with Crippen LogP contribution in [0.2, 0.25) is 0 Å². The van der Waals surface area contributed by atoms with Crippen LogP contribution in [0.5, 0.6) is 0 Å². The number of anilines is 2. The lowest BCUT2D eigenvalue weighted by Gasteiger charge is -2.25. The van der Waals surface area contributed by atoms with Crippen LogP contribution < -0.4 is 11.1 Å². The molecule has 1 aromatic heterocycles. The number of fused-ring (bicyclic) bond motifs is 1. The van der Waals surface area contributed by atoms with Crippen LogP contribution in [0.3, 0.4) is 0 Å². The van der Waals surface area contributed by atoms with Crippen molar-refractivity contribution in [1.82, 2.24) is 9.88 Å². The van der Waals surface area contributed by atoms with Crippen LogP contribution in [0.1, 0.15) is 25.9 Å². The van der Waals surface area contributed by atoms with Gasteiger partial charge in [-0.3, -0.25) is 13.9 Å². The molecule has 0 fully saturated rings. The second-order valence-corrected chi connectivity index (χ2v) is 9.07. The number of carbonyl (C=O) groups excluding carboxylic acids is 2. The van der Waals surface area contributed by atoms with E-state index in [2.05, 4.69) is 10.3 Å². The van der Waals surface area contributed by atoms with Crippen molar-refractivity contribution in [2.24, 2.45) is 0 Å². The van der Waals surface area contributed by atoms with Crippen molar-refractivity contribution >= 4 is 45.1 Å². The Morgan fingerprint density at radius 3 is 2.44 bits per heavy atom. The summed E-state index contributed by atoms with van der Waals surface area (Å²) < 4.78 is 37.0. The quantitative estimate of drug-likeness (QED) is 0.306. The topological polar surface area (TPSA) is 172 Å². The summed E-state index contributed by atoms with van der Waals surface area (Å²) in [6, 6.07) is 16.6. The van der Waals surface area contributed by atoms with Gasteiger partial charge in [0.1, 0.15) is 6.61 Å². The number of nitrogens with zero attached hydrogens (tertiary/aromatic N) is 2. The van der Waals surface area contributed by atoms with E-state index in [1.807, 2.05) is 30.3 Å². The van der Waals surface area contributed by atoms with E-state index in [0.717, 1.165) is 16.1 Å². The largest absolute Gasteiger partial charge is 0.445 e. The maximum atomic E-state index is 12.5. The average molecular weight is 507 g/mol. The number of hydrogen-bond donors (Lipinski definition) is 4. The Bertz CT molecular complexity index is 1260. The summed E-state index contributed by atoms with van der Waals surface area (Å²) >= 11 is 1.29. The lowest BCUT2D eigenvalue weighted by atomic mass is 10.2. The number of rotatable bonds is 4.